The highest BCUT2D eigenvalue weighted by molar-refractivity contribution is 5.91. The molecule has 1 saturated carbocycles. The standard InChI is InChI=1S/C24H30N6O/c1-5-16-11-17(18-10-15(2)23-25-14-26-30(23)13-18)12-21-22(16)24(28-27-21)31-20-8-6-19(7-9-20)29(3)4/h10-14,19-20H,5-9H2,1-4H3,(H,27,28). The van der Waals surface area contributed by atoms with Crippen LogP contribution in [0, 0.1) is 6.92 Å². The van der Waals surface area contributed by atoms with Crippen molar-refractivity contribution in [2.75, 3.05) is 14.1 Å². The summed E-state index contributed by atoms with van der Waals surface area (Å²) in [5.41, 5.74) is 6.52. The van der Waals surface area contributed by atoms with E-state index >= 15 is 0 Å². The molecule has 0 bridgehead atoms. The lowest BCUT2D eigenvalue weighted by Gasteiger charge is -2.32. The fourth-order valence-electron chi connectivity index (χ4n) is 4.83. The molecule has 0 radical (unpaired) electrons. The Bertz CT molecular complexity index is 1220. The summed E-state index contributed by atoms with van der Waals surface area (Å²) >= 11 is 0. The average Bonchev–Trinajstić information content (AvgIpc) is 3.41. The summed E-state index contributed by atoms with van der Waals surface area (Å²) in [7, 11) is 4.33. The Kier molecular flexibility index (Phi) is 5.14. The summed E-state index contributed by atoms with van der Waals surface area (Å²) in [4.78, 5) is 6.65. The van der Waals surface area contributed by atoms with Gasteiger partial charge in [0.2, 0.25) is 5.88 Å². The number of aromatic amines is 1. The molecule has 1 aromatic carbocycles. The van der Waals surface area contributed by atoms with E-state index in [0.29, 0.717) is 6.04 Å². The topological polar surface area (TPSA) is 71.3 Å². The summed E-state index contributed by atoms with van der Waals surface area (Å²) < 4.78 is 8.25. The first kappa shape index (κ1) is 20.0. The zero-order valence-corrected chi connectivity index (χ0v) is 18.7. The maximum Gasteiger partial charge on any atom is 0.241 e. The maximum absolute atomic E-state index is 6.41. The number of ether oxygens (including phenoxy) is 1. The van der Waals surface area contributed by atoms with Crippen molar-refractivity contribution in [2.24, 2.45) is 0 Å². The van der Waals surface area contributed by atoms with Crippen LogP contribution in [-0.2, 0) is 6.42 Å². The Labute approximate surface area is 182 Å². The Morgan fingerprint density at radius 1 is 1.13 bits per heavy atom. The normalized spacial score (nSPS) is 19.5. The molecule has 0 atom stereocenters. The Hall–Kier alpha value is -2.93. The number of H-pyrrole nitrogens is 1. The van der Waals surface area contributed by atoms with Gasteiger partial charge in [0, 0.05) is 17.8 Å². The number of nitrogens with zero attached hydrogens (tertiary/aromatic N) is 5. The van der Waals surface area contributed by atoms with Gasteiger partial charge in [-0.05, 0) is 81.9 Å². The van der Waals surface area contributed by atoms with Gasteiger partial charge in [0.05, 0.1) is 10.9 Å². The van der Waals surface area contributed by atoms with Crippen molar-refractivity contribution in [1.82, 2.24) is 29.7 Å². The fraction of sp³-hybridized carbons (Fsp3) is 0.458. The van der Waals surface area contributed by atoms with Gasteiger partial charge in [0.25, 0.3) is 0 Å². The van der Waals surface area contributed by atoms with E-state index in [0.717, 1.165) is 58.4 Å². The number of rotatable bonds is 5. The predicted molar refractivity (Wildman–Crippen MR) is 123 cm³/mol. The molecular weight excluding hydrogens is 388 g/mol. The first-order chi connectivity index (χ1) is 15.0. The molecule has 7 nitrogen and oxygen atoms in total. The van der Waals surface area contributed by atoms with Crippen molar-refractivity contribution < 1.29 is 4.74 Å². The van der Waals surface area contributed by atoms with Gasteiger partial charge in [0.1, 0.15) is 12.4 Å². The van der Waals surface area contributed by atoms with E-state index in [-0.39, 0.29) is 6.10 Å². The summed E-state index contributed by atoms with van der Waals surface area (Å²) in [5.74, 6) is 0.745. The van der Waals surface area contributed by atoms with Gasteiger partial charge >= 0.3 is 0 Å². The average molecular weight is 419 g/mol. The fourth-order valence-corrected chi connectivity index (χ4v) is 4.83. The van der Waals surface area contributed by atoms with Crippen molar-refractivity contribution in [3.63, 3.8) is 0 Å². The van der Waals surface area contributed by atoms with Crippen LogP contribution in [0.25, 0.3) is 27.7 Å². The second kappa shape index (κ2) is 7.96. The van der Waals surface area contributed by atoms with Crippen LogP contribution in [0.1, 0.15) is 43.7 Å². The molecule has 1 fully saturated rings. The van der Waals surface area contributed by atoms with Crippen LogP contribution in [0.4, 0.5) is 0 Å². The molecule has 1 aliphatic carbocycles. The molecule has 1 N–H and O–H groups in total. The first-order valence-corrected chi connectivity index (χ1v) is 11.2. The van der Waals surface area contributed by atoms with E-state index in [1.807, 2.05) is 10.7 Å². The Morgan fingerprint density at radius 3 is 2.68 bits per heavy atom. The minimum atomic E-state index is 0.240. The number of hydrogen-bond donors (Lipinski definition) is 1. The summed E-state index contributed by atoms with van der Waals surface area (Å²) in [6.07, 6.45) is 9.29. The van der Waals surface area contributed by atoms with Gasteiger partial charge in [0.15, 0.2) is 5.65 Å². The van der Waals surface area contributed by atoms with Crippen molar-refractivity contribution in [1.29, 1.82) is 0 Å². The third kappa shape index (κ3) is 3.67. The molecule has 4 aromatic rings. The van der Waals surface area contributed by atoms with Gasteiger partial charge in [-0.1, -0.05) is 13.0 Å². The lowest BCUT2D eigenvalue weighted by Crippen LogP contribution is -2.35. The highest BCUT2D eigenvalue weighted by Crippen LogP contribution is 2.35. The number of aromatic nitrogens is 5. The first-order valence-electron chi connectivity index (χ1n) is 11.2. The summed E-state index contributed by atoms with van der Waals surface area (Å²) in [6.45, 7) is 4.25. The second-order valence-electron chi connectivity index (χ2n) is 8.89. The Balaban J connectivity index is 1.46. The van der Waals surface area contributed by atoms with Gasteiger partial charge in [-0.3, -0.25) is 5.10 Å². The van der Waals surface area contributed by atoms with Crippen LogP contribution in [0.15, 0.2) is 30.7 Å². The molecule has 5 rings (SSSR count). The number of pyridine rings is 1. The van der Waals surface area contributed by atoms with Crippen LogP contribution in [0.2, 0.25) is 0 Å². The number of nitrogens with one attached hydrogen (secondary N) is 1. The molecular formula is C24H30N6O. The molecule has 7 heteroatoms. The highest BCUT2D eigenvalue weighted by Gasteiger charge is 2.25. The zero-order chi connectivity index (χ0) is 21.5. The lowest BCUT2D eigenvalue weighted by molar-refractivity contribution is 0.108. The van der Waals surface area contributed by atoms with Crippen LogP contribution in [0.5, 0.6) is 5.88 Å². The summed E-state index contributed by atoms with van der Waals surface area (Å²) in [6, 6.07) is 7.25. The molecule has 0 amide bonds. The number of fused-ring (bicyclic) bond motifs is 2. The molecule has 31 heavy (non-hydrogen) atoms. The number of hydrogen-bond acceptors (Lipinski definition) is 5. The minimum absolute atomic E-state index is 0.240. The van der Waals surface area contributed by atoms with E-state index in [1.165, 1.54) is 18.4 Å². The maximum atomic E-state index is 6.41. The molecule has 0 aliphatic heterocycles. The van der Waals surface area contributed by atoms with Gasteiger partial charge in [-0.2, -0.15) is 5.10 Å². The quantitative estimate of drug-likeness (QED) is 0.520. The molecule has 3 aromatic heterocycles. The monoisotopic (exact) mass is 418 g/mol. The van der Waals surface area contributed by atoms with Crippen molar-refractivity contribution in [2.45, 2.75) is 58.1 Å². The smallest absolute Gasteiger partial charge is 0.241 e. The van der Waals surface area contributed by atoms with Gasteiger partial charge in [-0.15, -0.1) is 5.10 Å². The van der Waals surface area contributed by atoms with E-state index < -0.39 is 0 Å². The molecule has 0 spiro atoms. The van der Waals surface area contributed by atoms with Crippen LogP contribution in [-0.4, -0.2) is 55.9 Å². The SMILES string of the molecule is CCc1cc(-c2cc(C)c3ncnn3c2)cc2[nH]nc(OC3CCC(N(C)C)CC3)c12. The second-order valence-corrected chi connectivity index (χ2v) is 8.89. The molecule has 0 saturated heterocycles. The number of aryl methyl sites for hydroxylation is 2. The molecule has 0 unspecified atom stereocenters. The van der Waals surface area contributed by atoms with Crippen LogP contribution >= 0.6 is 0 Å². The lowest BCUT2D eigenvalue weighted by atomic mass is 9.92. The third-order valence-electron chi connectivity index (χ3n) is 6.64. The van der Waals surface area contributed by atoms with Crippen LogP contribution in [0.3, 0.4) is 0 Å². The minimum Gasteiger partial charge on any atom is -0.473 e. The summed E-state index contributed by atoms with van der Waals surface area (Å²) in [5, 5.41) is 13.2. The highest BCUT2D eigenvalue weighted by atomic mass is 16.5. The van der Waals surface area contributed by atoms with E-state index in [1.54, 1.807) is 6.33 Å². The van der Waals surface area contributed by atoms with Crippen molar-refractivity contribution in [3.8, 4) is 17.0 Å². The molecule has 1 aliphatic rings. The number of benzene rings is 1. The van der Waals surface area contributed by atoms with Crippen LogP contribution < -0.4 is 4.74 Å². The largest absolute Gasteiger partial charge is 0.473 e. The van der Waals surface area contributed by atoms with E-state index in [9.17, 15) is 0 Å². The van der Waals surface area contributed by atoms with Crippen molar-refractivity contribution >= 4 is 16.6 Å². The van der Waals surface area contributed by atoms with Gasteiger partial charge in [-0.25, -0.2) is 9.50 Å². The zero-order valence-electron chi connectivity index (χ0n) is 18.7. The molecule has 162 valence electrons. The Morgan fingerprint density at radius 2 is 1.94 bits per heavy atom. The predicted octanol–water partition coefficient (Wildman–Crippen LogP) is 4.40. The molecule has 3 heterocycles. The third-order valence-corrected chi connectivity index (χ3v) is 6.64. The van der Waals surface area contributed by atoms with Gasteiger partial charge < -0.3 is 9.64 Å². The van der Waals surface area contributed by atoms with E-state index in [4.69, 9.17) is 4.74 Å². The van der Waals surface area contributed by atoms with Crippen molar-refractivity contribution in [3.05, 3.63) is 41.9 Å². The van der Waals surface area contributed by atoms with E-state index in [2.05, 4.69) is 71.3 Å².